The number of methoxy groups -OCH3 is 1. The molecule has 184 valence electrons. The zero-order valence-corrected chi connectivity index (χ0v) is 20.7. The molecule has 12 heteroatoms. The molecule has 4 rings (SSSR count). The number of anilines is 4. The van der Waals surface area contributed by atoms with E-state index in [4.69, 9.17) is 10.5 Å². The summed E-state index contributed by atoms with van der Waals surface area (Å²) in [5, 5.41) is 12.9. The Morgan fingerprint density at radius 1 is 1.26 bits per heavy atom. The Bertz CT molecular complexity index is 1300. The maximum Gasteiger partial charge on any atom is 0.254 e. The molecule has 1 aliphatic heterocycles. The van der Waals surface area contributed by atoms with Crippen molar-refractivity contribution < 1.29 is 9.53 Å². The van der Waals surface area contributed by atoms with Gasteiger partial charge in [0.2, 0.25) is 5.95 Å². The molecule has 1 aliphatic rings. The van der Waals surface area contributed by atoms with E-state index >= 15 is 0 Å². The Balaban J connectivity index is 1.71. The highest BCUT2D eigenvalue weighted by molar-refractivity contribution is 6.04. The number of ether oxygens (including phenoxy) is 1. The minimum atomic E-state index is -0.655. The summed E-state index contributed by atoms with van der Waals surface area (Å²) in [6.07, 6.45) is 1.39. The van der Waals surface area contributed by atoms with Gasteiger partial charge in [-0.05, 0) is 39.8 Å². The zero-order valence-electron chi connectivity index (χ0n) is 20.7. The predicted octanol–water partition coefficient (Wildman–Crippen LogP) is 2.62. The number of amidine groups is 1. The number of aromatic nitrogens is 4. The molecular weight excluding hydrogens is 448 g/mol. The van der Waals surface area contributed by atoms with Crippen LogP contribution in [-0.2, 0) is 0 Å². The Hall–Kier alpha value is -4.19. The summed E-state index contributed by atoms with van der Waals surface area (Å²) < 4.78 is 7.62. The lowest BCUT2D eigenvalue weighted by atomic mass is 10.1. The molecule has 0 aliphatic carbocycles. The van der Waals surface area contributed by atoms with E-state index in [1.165, 1.54) is 6.20 Å². The first kappa shape index (κ1) is 24.0. The topological polar surface area (TPSA) is 148 Å². The van der Waals surface area contributed by atoms with Crippen LogP contribution < -0.4 is 26.5 Å². The molecule has 3 aromatic rings. The first-order chi connectivity index (χ1) is 16.7. The average Bonchev–Trinajstić information content (AvgIpc) is 3.37. The summed E-state index contributed by atoms with van der Waals surface area (Å²) in [6.45, 7) is 8.55. The van der Waals surface area contributed by atoms with Gasteiger partial charge in [0.25, 0.3) is 5.91 Å². The number of benzene rings is 1. The van der Waals surface area contributed by atoms with Gasteiger partial charge in [0.15, 0.2) is 5.75 Å². The van der Waals surface area contributed by atoms with Crippen LogP contribution >= 0.6 is 0 Å². The molecule has 35 heavy (non-hydrogen) atoms. The van der Waals surface area contributed by atoms with Crippen molar-refractivity contribution >= 4 is 34.9 Å². The summed E-state index contributed by atoms with van der Waals surface area (Å²) in [7, 11) is 3.47. The number of para-hydroxylation sites is 1. The largest absolute Gasteiger partial charge is 0.494 e. The number of aryl methyl sites for hydroxylation is 1. The summed E-state index contributed by atoms with van der Waals surface area (Å²) in [6, 6.07) is 5.79. The highest BCUT2D eigenvalue weighted by Crippen LogP contribution is 2.33. The van der Waals surface area contributed by atoms with Gasteiger partial charge in [-0.3, -0.25) is 9.48 Å². The number of nitrogens with zero attached hydrogens (tertiary/aromatic N) is 6. The summed E-state index contributed by atoms with van der Waals surface area (Å²) in [5.41, 5.74) is 12.9. The van der Waals surface area contributed by atoms with Gasteiger partial charge in [0.1, 0.15) is 23.9 Å². The second-order valence-electron chi connectivity index (χ2n) is 8.50. The van der Waals surface area contributed by atoms with Crippen LogP contribution in [0.4, 0.5) is 23.1 Å². The van der Waals surface area contributed by atoms with Crippen molar-refractivity contribution in [2.24, 2.45) is 10.7 Å². The third-order valence-electron chi connectivity index (χ3n) is 5.57. The average molecular weight is 479 g/mol. The van der Waals surface area contributed by atoms with Crippen molar-refractivity contribution in [3.05, 3.63) is 46.9 Å². The number of primary amides is 1. The molecule has 0 radical (unpaired) electrons. The monoisotopic (exact) mass is 478 g/mol. The van der Waals surface area contributed by atoms with Gasteiger partial charge in [0.05, 0.1) is 35.4 Å². The first-order valence-corrected chi connectivity index (χ1v) is 11.2. The second kappa shape index (κ2) is 9.58. The molecule has 0 bridgehead atoms. The van der Waals surface area contributed by atoms with Crippen molar-refractivity contribution in [1.82, 2.24) is 30.2 Å². The van der Waals surface area contributed by atoms with Crippen LogP contribution in [-0.4, -0.2) is 57.3 Å². The molecular formula is C23H30N10O2. The Labute approximate surface area is 203 Å². The molecule has 3 heterocycles. The third-order valence-corrected chi connectivity index (χ3v) is 5.57. The Morgan fingerprint density at radius 2 is 2.03 bits per heavy atom. The van der Waals surface area contributed by atoms with Crippen LogP contribution in [0.25, 0.3) is 0 Å². The van der Waals surface area contributed by atoms with Crippen LogP contribution in [0.3, 0.4) is 0 Å². The normalized spacial score (nSPS) is 13.5. The van der Waals surface area contributed by atoms with Crippen molar-refractivity contribution in [3.63, 3.8) is 0 Å². The van der Waals surface area contributed by atoms with Crippen molar-refractivity contribution in [2.75, 3.05) is 31.5 Å². The van der Waals surface area contributed by atoms with Crippen LogP contribution in [0.15, 0.2) is 29.4 Å². The smallest absolute Gasteiger partial charge is 0.254 e. The maximum atomic E-state index is 12.1. The molecule has 1 amide bonds. The molecule has 12 nitrogen and oxygen atoms in total. The van der Waals surface area contributed by atoms with Crippen molar-refractivity contribution in [1.29, 1.82) is 0 Å². The molecule has 2 aromatic heterocycles. The lowest BCUT2D eigenvalue weighted by molar-refractivity contribution is 0.100. The number of carbonyl (C=O) groups is 1. The number of amides is 1. The van der Waals surface area contributed by atoms with E-state index in [0.29, 0.717) is 29.9 Å². The summed E-state index contributed by atoms with van der Waals surface area (Å²) in [5.74, 6) is 1.11. The van der Waals surface area contributed by atoms with Gasteiger partial charge in [-0.1, -0.05) is 6.07 Å². The number of nitrogens with one attached hydrogen (secondary N) is 3. The number of carbonyl (C=O) groups excluding carboxylic acids is 1. The zero-order chi connectivity index (χ0) is 25.3. The standard InChI is InChI=1S/C23H30N10O2/c1-12(2)33-14(4)18(13(3)30-33)28-23-25-10-16(20(24)34)22(29-23)27-17-9-7-8-15(19(17)35-6)21-26-11-32(5)31-21/h7-10,12H,11H2,1-6H3,(H2,24,34)(H,26,31)(H2,25,27,28,29). The lowest BCUT2D eigenvalue weighted by Crippen LogP contribution is -2.32. The molecule has 0 saturated heterocycles. The molecule has 0 unspecified atom stereocenters. The minimum absolute atomic E-state index is 0.144. The van der Waals surface area contributed by atoms with E-state index in [9.17, 15) is 4.79 Å². The van der Waals surface area contributed by atoms with E-state index < -0.39 is 5.91 Å². The number of aliphatic imine (C=N–C) groups is 1. The van der Waals surface area contributed by atoms with Gasteiger partial charge in [-0.15, -0.1) is 0 Å². The van der Waals surface area contributed by atoms with Crippen molar-refractivity contribution in [3.8, 4) is 5.75 Å². The van der Waals surface area contributed by atoms with Gasteiger partial charge >= 0.3 is 0 Å². The number of hydrazine groups is 1. The van der Waals surface area contributed by atoms with Crippen LogP contribution in [0.1, 0.15) is 47.2 Å². The number of rotatable bonds is 8. The number of hydrogen-bond donors (Lipinski definition) is 4. The van der Waals surface area contributed by atoms with Gasteiger partial charge < -0.3 is 26.5 Å². The van der Waals surface area contributed by atoms with Crippen LogP contribution in [0.5, 0.6) is 5.75 Å². The van der Waals surface area contributed by atoms with Crippen LogP contribution in [0.2, 0.25) is 0 Å². The lowest BCUT2D eigenvalue weighted by Gasteiger charge is -2.17. The quantitative estimate of drug-likeness (QED) is 0.383. The van der Waals surface area contributed by atoms with Gasteiger partial charge in [0, 0.05) is 19.3 Å². The Morgan fingerprint density at radius 3 is 2.63 bits per heavy atom. The van der Waals surface area contributed by atoms with Crippen LogP contribution in [0, 0.1) is 13.8 Å². The highest BCUT2D eigenvalue weighted by Gasteiger charge is 2.21. The maximum absolute atomic E-state index is 12.1. The van der Waals surface area contributed by atoms with Crippen molar-refractivity contribution in [2.45, 2.75) is 33.7 Å². The summed E-state index contributed by atoms with van der Waals surface area (Å²) in [4.78, 5) is 25.5. The predicted molar refractivity (Wildman–Crippen MR) is 134 cm³/mol. The Kier molecular flexibility index (Phi) is 6.56. The fraction of sp³-hybridized carbons (Fsp3) is 0.348. The van der Waals surface area contributed by atoms with E-state index in [1.54, 1.807) is 7.11 Å². The molecule has 0 fully saturated rings. The highest BCUT2D eigenvalue weighted by atomic mass is 16.5. The molecule has 0 spiro atoms. The fourth-order valence-electron chi connectivity index (χ4n) is 3.92. The van der Waals surface area contributed by atoms with E-state index in [2.05, 4.69) is 50.0 Å². The molecule has 0 atom stereocenters. The SMILES string of the molecule is COc1c(Nc2nc(Nc3c(C)nn(C(C)C)c3C)ncc2C(N)=O)cccc1C1=NCN(C)N1. The van der Waals surface area contributed by atoms with E-state index in [1.807, 2.05) is 48.8 Å². The summed E-state index contributed by atoms with van der Waals surface area (Å²) >= 11 is 0. The third kappa shape index (κ3) is 4.73. The molecule has 1 aromatic carbocycles. The minimum Gasteiger partial charge on any atom is -0.494 e. The van der Waals surface area contributed by atoms with E-state index in [0.717, 1.165) is 22.6 Å². The fourth-order valence-corrected chi connectivity index (χ4v) is 3.92. The number of hydrogen-bond acceptors (Lipinski definition) is 10. The first-order valence-electron chi connectivity index (χ1n) is 11.2. The second-order valence-corrected chi connectivity index (χ2v) is 8.50. The number of nitrogens with two attached hydrogens (primary N) is 1. The molecule has 5 N–H and O–H groups in total. The molecule has 0 saturated carbocycles. The van der Waals surface area contributed by atoms with E-state index in [-0.39, 0.29) is 17.4 Å². The van der Waals surface area contributed by atoms with Gasteiger partial charge in [-0.25, -0.2) is 15.0 Å². The van der Waals surface area contributed by atoms with Gasteiger partial charge in [-0.2, -0.15) is 10.1 Å².